The van der Waals surface area contributed by atoms with Gasteiger partial charge in [0.15, 0.2) is 0 Å². The van der Waals surface area contributed by atoms with Gasteiger partial charge in [0.2, 0.25) is 0 Å². The normalized spacial score (nSPS) is 17.5. The molecule has 0 atom stereocenters. The zero-order valence-electron chi connectivity index (χ0n) is 14.0. The Morgan fingerprint density at radius 3 is 2.58 bits per heavy atom. The summed E-state index contributed by atoms with van der Waals surface area (Å²) in [5.74, 6) is -0.0886. The maximum atomic E-state index is 12.2. The molecule has 26 heavy (non-hydrogen) atoms. The van der Waals surface area contributed by atoms with E-state index >= 15 is 0 Å². The number of hydrogen-bond donors (Lipinski definition) is 1. The topological polar surface area (TPSA) is 65.5 Å². The molecule has 0 radical (unpaired) electrons. The highest BCUT2D eigenvalue weighted by molar-refractivity contribution is 9.10. The van der Waals surface area contributed by atoms with Gasteiger partial charge in [0.25, 0.3) is 0 Å². The number of halogens is 2. The average Bonchev–Trinajstić information content (AvgIpc) is 3.45. The third kappa shape index (κ3) is 3.64. The van der Waals surface area contributed by atoms with Gasteiger partial charge < -0.3 is 15.1 Å². The molecule has 6 nitrogen and oxygen atoms in total. The Kier molecular flexibility index (Phi) is 4.75. The summed E-state index contributed by atoms with van der Waals surface area (Å²) in [5.41, 5.74) is 0.759. The Labute approximate surface area is 164 Å². The van der Waals surface area contributed by atoms with Gasteiger partial charge in [-0.3, -0.25) is 9.59 Å². The summed E-state index contributed by atoms with van der Waals surface area (Å²) in [4.78, 5) is 32.5. The molecule has 0 bridgehead atoms. The Hall–Kier alpha value is -1.86. The standard InChI is InChI=1S/C18H18BrClN4O2/c19-12-9-11-1-4-15(22-16(11)14(20)10-12)23-5-7-24(8-6-23)18(26)17(25)21-13-2-3-13/h1,4,9-10,13H,2-3,5-8H2,(H,21,25). The zero-order valence-corrected chi connectivity index (χ0v) is 16.4. The number of carbonyl (C=O) groups is 2. The predicted octanol–water partition coefficient (Wildman–Crippen LogP) is 2.58. The Balaban J connectivity index is 1.43. The Morgan fingerprint density at radius 1 is 1.15 bits per heavy atom. The first kappa shape index (κ1) is 17.5. The van der Waals surface area contributed by atoms with E-state index in [-0.39, 0.29) is 6.04 Å². The second-order valence-corrected chi connectivity index (χ2v) is 7.98. The maximum absolute atomic E-state index is 12.2. The molecular weight excluding hydrogens is 420 g/mol. The second-order valence-electron chi connectivity index (χ2n) is 6.66. The molecule has 1 aromatic heterocycles. The summed E-state index contributed by atoms with van der Waals surface area (Å²) < 4.78 is 0.918. The number of nitrogens with zero attached hydrogens (tertiary/aromatic N) is 3. The van der Waals surface area contributed by atoms with Crippen LogP contribution in [-0.2, 0) is 9.59 Å². The molecule has 8 heteroatoms. The van der Waals surface area contributed by atoms with E-state index in [2.05, 4.69) is 31.1 Å². The van der Waals surface area contributed by atoms with E-state index in [0.29, 0.717) is 31.2 Å². The molecule has 2 aromatic rings. The summed E-state index contributed by atoms with van der Waals surface area (Å²) in [6, 6.07) is 7.96. The Morgan fingerprint density at radius 2 is 1.88 bits per heavy atom. The first-order valence-corrected chi connectivity index (χ1v) is 9.79. The van der Waals surface area contributed by atoms with Crippen molar-refractivity contribution in [3.8, 4) is 0 Å². The molecule has 1 saturated heterocycles. The zero-order chi connectivity index (χ0) is 18.3. The van der Waals surface area contributed by atoms with Gasteiger partial charge in [0, 0.05) is 42.1 Å². The van der Waals surface area contributed by atoms with E-state index in [1.165, 1.54) is 0 Å². The van der Waals surface area contributed by atoms with Crippen LogP contribution in [0.5, 0.6) is 0 Å². The second kappa shape index (κ2) is 7.04. The lowest BCUT2D eigenvalue weighted by Gasteiger charge is -2.35. The van der Waals surface area contributed by atoms with E-state index in [0.717, 1.165) is 34.0 Å². The molecule has 1 aromatic carbocycles. The minimum absolute atomic E-state index is 0.194. The number of benzene rings is 1. The molecule has 1 N–H and O–H groups in total. The molecule has 136 valence electrons. The predicted molar refractivity (Wildman–Crippen MR) is 104 cm³/mol. The van der Waals surface area contributed by atoms with Crippen molar-refractivity contribution in [2.75, 3.05) is 31.1 Å². The summed E-state index contributed by atoms with van der Waals surface area (Å²) in [6.07, 6.45) is 1.94. The molecule has 2 amide bonds. The number of anilines is 1. The molecule has 2 aliphatic rings. The quantitative estimate of drug-likeness (QED) is 0.734. The number of piperazine rings is 1. The van der Waals surface area contributed by atoms with Crippen molar-refractivity contribution in [2.24, 2.45) is 0 Å². The lowest BCUT2D eigenvalue weighted by molar-refractivity contribution is -0.146. The Bertz CT molecular complexity index is 879. The largest absolute Gasteiger partial charge is 0.353 e. The van der Waals surface area contributed by atoms with Crippen LogP contribution < -0.4 is 10.2 Å². The van der Waals surface area contributed by atoms with E-state index in [1.807, 2.05) is 24.3 Å². The first-order valence-electron chi connectivity index (χ1n) is 8.62. The maximum Gasteiger partial charge on any atom is 0.312 e. The minimum atomic E-state index is -0.484. The van der Waals surface area contributed by atoms with Crippen molar-refractivity contribution in [3.63, 3.8) is 0 Å². The van der Waals surface area contributed by atoms with E-state index in [1.54, 1.807) is 4.90 Å². The highest BCUT2D eigenvalue weighted by Crippen LogP contribution is 2.29. The molecule has 1 aliphatic heterocycles. The van der Waals surface area contributed by atoms with Gasteiger partial charge in [0.05, 0.1) is 10.5 Å². The van der Waals surface area contributed by atoms with Crippen molar-refractivity contribution < 1.29 is 9.59 Å². The van der Waals surface area contributed by atoms with Crippen LogP contribution in [0, 0.1) is 0 Å². The van der Waals surface area contributed by atoms with Crippen molar-refractivity contribution in [1.82, 2.24) is 15.2 Å². The molecule has 2 fully saturated rings. The molecule has 1 aliphatic carbocycles. The fraction of sp³-hybridized carbons (Fsp3) is 0.389. The van der Waals surface area contributed by atoms with Crippen molar-refractivity contribution in [1.29, 1.82) is 0 Å². The molecule has 0 unspecified atom stereocenters. The number of hydrogen-bond acceptors (Lipinski definition) is 4. The smallest absolute Gasteiger partial charge is 0.312 e. The van der Waals surface area contributed by atoms with Crippen LogP contribution in [0.4, 0.5) is 5.82 Å². The third-order valence-corrected chi connectivity index (χ3v) is 5.44. The summed E-state index contributed by atoms with van der Waals surface area (Å²) in [5, 5.41) is 4.32. The summed E-state index contributed by atoms with van der Waals surface area (Å²) in [7, 11) is 0. The van der Waals surface area contributed by atoms with Gasteiger partial charge in [-0.15, -0.1) is 0 Å². The van der Waals surface area contributed by atoms with Gasteiger partial charge in [-0.1, -0.05) is 27.5 Å². The number of fused-ring (bicyclic) bond motifs is 1. The fourth-order valence-corrected chi connectivity index (χ4v) is 3.96. The molecule has 2 heterocycles. The van der Waals surface area contributed by atoms with E-state index in [9.17, 15) is 9.59 Å². The molecule has 0 spiro atoms. The van der Waals surface area contributed by atoms with Crippen molar-refractivity contribution in [2.45, 2.75) is 18.9 Å². The van der Waals surface area contributed by atoms with E-state index < -0.39 is 11.8 Å². The SMILES string of the molecule is O=C(NC1CC1)C(=O)N1CCN(c2ccc3cc(Br)cc(Cl)c3n2)CC1. The van der Waals surface area contributed by atoms with E-state index in [4.69, 9.17) is 11.6 Å². The first-order chi connectivity index (χ1) is 12.5. The third-order valence-electron chi connectivity index (χ3n) is 4.69. The summed E-state index contributed by atoms with van der Waals surface area (Å²) in [6.45, 7) is 2.28. The monoisotopic (exact) mass is 436 g/mol. The highest BCUT2D eigenvalue weighted by Gasteiger charge is 2.30. The molecule has 1 saturated carbocycles. The van der Waals surface area contributed by atoms with Gasteiger partial charge in [0.1, 0.15) is 5.82 Å². The highest BCUT2D eigenvalue weighted by atomic mass is 79.9. The fourth-order valence-electron chi connectivity index (χ4n) is 3.08. The number of nitrogens with one attached hydrogen (secondary N) is 1. The minimum Gasteiger partial charge on any atom is -0.353 e. The van der Waals surface area contributed by atoms with Crippen LogP contribution in [0.1, 0.15) is 12.8 Å². The lowest BCUT2D eigenvalue weighted by Crippen LogP contribution is -2.53. The van der Waals surface area contributed by atoms with Crippen LogP contribution >= 0.6 is 27.5 Å². The molecule has 4 rings (SSSR count). The van der Waals surface area contributed by atoms with Gasteiger partial charge >= 0.3 is 11.8 Å². The van der Waals surface area contributed by atoms with Gasteiger partial charge in [-0.2, -0.15) is 0 Å². The van der Waals surface area contributed by atoms with Crippen LogP contribution in [0.3, 0.4) is 0 Å². The van der Waals surface area contributed by atoms with Gasteiger partial charge in [-0.05, 0) is 37.1 Å². The van der Waals surface area contributed by atoms with Gasteiger partial charge in [-0.25, -0.2) is 4.98 Å². The van der Waals surface area contributed by atoms with Crippen LogP contribution in [0.2, 0.25) is 5.02 Å². The lowest BCUT2D eigenvalue weighted by atomic mass is 10.2. The number of amides is 2. The number of aromatic nitrogens is 1. The average molecular weight is 438 g/mol. The van der Waals surface area contributed by atoms with Crippen LogP contribution in [0.25, 0.3) is 10.9 Å². The molecular formula is C18H18BrClN4O2. The van der Waals surface area contributed by atoms with Crippen LogP contribution in [-0.4, -0.2) is 53.9 Å². The van der Waals surface area contributed by atoms with Crippen molar-refractivity contribution >= 4 is 56.1 Å². The van der Waals surface area contributed by atoms with Crippen LogP contribution in [0.15, 0.2) is 28.7 Å². The number of carbonyl (C=O) groups excluding carboxylic acids is 2. The van der Waals surface area contributed by atoms with Crippen molar-refractivity contribution in [3.05, 3.63) is 33.8 Å². The summed E-state index contributed by atoms with van der Waals surface area (Å²) >= 11 is 9.75. The number of rotatable bonds is 2. The number of pyridine rings is 1.